The van der Waals surface area contributed by atoms with Crippen molar-refractivity contribution in [2.45, 2.75) is 32.0 Å². The average molecular weight is 276 g/mol. The minimum absolute atomic E-state index is 0.178. The van der Waals surface area contributed by atoms with Crippen molar-refractivity contribution in [3.05, 3.63) is 39.8 Å². The number of carboxylic acids is 1. The summed E-state index contributed by atoms with van der Waals surface area (Å²) in [7, 11) is 0. The minimum Gasteiger partial charge on any atom is -0.480 e. The number of rotatable bonds is 3. The Hall–Kier alpha value is -2.24. The molecule has 1 aromatic carbocycles. The van der Waals surface area contributed by atoms with E-state index in [0.717, 1.165) is 10.2 Å². The minimum atomic E-state index is -1.53. The molecule has 104 valence electrons. The monoisotopic (exact) mass is 276 g/mol. The van der Waals surface area contributed by atoms with Gasteiger partial charge in [0.2, 0.25) is 0 Å². The van der Waals surface area contributed by atoms with Crippen molar-refractivity contribution < 1.29 is 14.3 Å². The fourth-order valence-electron chi connectivity index (χ4n) is 2.31. The van der Waals surface area contributed by atoms with Crippen molar-refractivity contribution in [3.63, 3.8) is 0 Å². The smallest absolute Gasteiger partial charge is 0.325 e. The number of hydrogen-bond donors (Lipinski definition) is 1. The summed E-state index contributed by atoms with van der Waals surface area (Å²) in [6, 6.07) is 5.07. The molecule has 20 heavy (non-hydrogen) atoms. The molecule has 1 saturated carbocycles. The molecule has 0 radical (unpaired) electrons. The van der Waals surface area contributed by atoms with Gasteiger partial charge in [-0.15, -0.1) is 0 Å². The predicted molar refractivity (Wildman–Crippen MR) is 70.4 cm³/mol. The topological polar surface area (TPSA) is 72.2 Å². The Bertz CT molecular complexity index is 778. The van der Waals surface area contributed by atoms with E-state index >= 15 is 0 Å². The second-order valence-electron chi connectivity index (χ2n) is 5.22. The number of alkyl halides is 1. The number of halogens is 1. The Morgan fingerprint density at radius 2 is 2.15 bits per heavy atom. The van der Waals surface area contributed by atoms with E-state index in [1.165, 1.54) is 0 Å². The zero-order valence-electron chi connectivity index (χ0n) is 10.9. The number of fused-ring (bicyclic) bond motifs is 1. The maximum Gasteiger partial charge on any atom is 0.325 e. The van der Waals surface area contributed by atoms with E-state index in [-0.39, 0.29) is 5.69 Å². The van der Waals surface area contributed by atoms with Crippen molar-refractivity contribution in [3.8, 4) is 0 Å². The van der Waals surface area contributed by atoms with Crippen LogP contribution in [0.1, 0.15) is 24.1 Å². The Morgan fingerprint density at radius 3 is 2.75 bits per heavy atom. The van der Waals surface area contributed by atoms with Crippen LogP contribution >= 0.6 is 0 Å². The van der Waals surface area contributed by atoms with E-state index in [2.05, 4.69) is 5.10 Å². The molecule has 6 heteroatoms. The third kappa shape index (κ3) is 1.97. The maximum absolute atomic E-state index is 14.4. The van der Waals surface area contributed by atoms with E-state index in [0.29, 0.717) is 23.6 Å². The van der Waals surface area contributed by atoms with Gasteiger partial charge in [0, 0.05) is 5.39 Å². The van der Waals surface area contributed by atoms with Gasteiger partial charge < -0.3 is 5.11 Å². The van der Waals surface area contributed by atoms with Crippen molar-refractivity contribution in [1.29, 1.82) is 0 Å². The van der Waals surface area contributed by atoms with Gasteiger partial charge >= 0.3 is 5.97 Å². The highest BCUT2D eigenvalue weighted by Gasteiger charge is 2.48. The third-order valence-electron chi connectivity index (χ3n) is 3.51. The fraction of sp³-hybridized carbons (Fsp3) is 0.357. The highest BCUT2D eigenvalue weighted by atomic mass is 19.1. The van der Waals surface area contributed by atoms with Crippen LogP contribution in [-0.4, -0.2) is 20.9 Å². The lowest BCUT2D eigenvalue weighted by molar-refractivity contribution is -0.138. The number of nitrogens with zero attached hydrogens (tertiary/aromatic N) is 2. The van der Waals surface area contributed by atoms with Gasteiger partial charge in [0.1, 0.15) is 12.2 Å². The maximum atomic E-state index is 14.4. The molecule has 1 aliphatic rings. The molecule has 0 amide bonds. The molecule has 1 aromatic heterocycles. The van der Waals surface area contributed by atoms with E-state index in [9.17, 15) is 14.0 Å². The summed E-state index contributed by atoms with van der Waals surface area (Å²) in [5.41, 5.74) is -0.951. The number of aliphatic carboxylic acids is 1. The summed E-state index contributed by atoms with van der Waals surface area (Å²) in [5, 5.41) is 13.6. The van der Waals surface area contributed by atoms with Gasteiger partial charge in [0.05, 0.1) is 5.39 Å². The fourth-order valence-corrected chi connectivity index (χ4v) is 2.31. The molecule has 0 aliphatic heterocycles. The van der Waals surface area contributed by atoms with Crippen LogP contribution in [-0.2, 0) is 17.0 Å². The van der Waals surface area contributed by atoms with Crippen LogP contribution in [0, 0.1) is 6.92 Å². The van der Waals surface area contributed by atoms with Crippen molar-refractivity contribution in [2.75, 3.05) is 0 Å². The highest BCUT2D eigenvalue weighted by molar-refractivity contribution is 5.85. The average Bonchev–Trinajstić information content (AvgIpc) is 3.11. The number of benzene rings is 1. The quantitative estimate of drug-likeness (QED) is 0.927. The van der Waals surface area contributed by atoms with Crippen molar-refractivity contribution >= 4 is 16.7 Å². The summed E-state index contributed by atoms with van der Waals surface area (Å²) in [6.45, 7) is 1.29. The van der Waals surface area contributed by atoms with Gasteiger partial charge in [-0.2, -0.15) is 5.10 Å². The normalized spacial score (nSPS) is 16.3. The lowest BCUT2D eigenvalue weighted by Gasteiger charge is -2.12. The lowest BCUT2D eigenvalue weighted by atomic mass is 10.0. The van der Waals surface area contributed by atoms with E-state index in [1.807, 2.05) is 6.92 Å². The summed E-state index contributed by atoms with van der Waals surface area (Å²) in [6.07, 6.45) is 0.711. The van der Waals surface area contributed by atoms with Gasteiger partial charge in [0.15, 0.2) is 5.67 Å². The van der Waals surface area contributed by atoms with Gasteiger partial charge in [-0.3, -0.25) is 9.59 Å². The molecule has 0 bridgehead atoms. The molecule has 5 nitrogen and oxygen atoms in total. The molecule has 3 rings (SSSR count). The summed E-state index contributed by atoms with van der Waals surface area (Å²) >= 11 is 0. The van der Waals surface area contributed by atoms with Crippen LogP contribution in [0.25, 0.3) is 10.8 Å². The second-order valence-corrected chi connectivity index (χ2v) is 5.22. The van der Waals surface area contributed by atoms with Gasteiger partial charge in [-0.25, -0.2) is 9.07 Å². The van der Waals surface area contributed by atoms with E-state index in [1.54, 1.807) is 18.2 Å². The molecule has 1 heterocycles. The van der Waals surface area contributed by atoms with Crippen LogP contribution in [0.4, 0.5) is 4.39 Å². The Balaban J connectivity index is 2.34. The first-order valence-corrected chi connectivity index (χ1v) is 6.33. The Morgan fingerprint density at radius 1 is 1.45 bits per heavy atom. The standard InChI is InChI=1S/C14H13FN2O3/c1-8-2-3-9-10(6-8)12(14(15)4-5-14)16-17(13(9)20)7-11(18)19/h2-3,6H,4-5,7H2,1H3,(H,18,19). The molecule has 2 aromatic rings. The third-order valence-corrected chi connectivity index (χ3v) is 3.51. The molecule has 0 saturated heterocycles. The predicted octanol–water partition coefficient (Wildman–Crippen LogP) is 1.75. The van der Waals surface area contributed by atoms with Crippen molar-refractivity contribution in [1.82, 2.24) is 9.78 Å². The molecular weight excluding hydrogens is 263 g/mol. The van der Waals surface area contributed by atoms with E-state index in [4.69, 9.17) is 5.11 Å². The van der Waals surface area contributed by atoms with Gasteiger partial charge in [0.25, 0.3) is 5.56 Å². The van der Waals surface area contributed by atoms with Crippen LogP contribution in [0.2, 0.25) is 0 Å². The Labute approximate surface area is 113 Å². The molecule has 1 fully saturated rings. The summed E-state index contributed by atoms with van der Waals surface area (Å²) in [4.78, 5) is 23.0. The molecule has 0 spiro atoms. The van der Waals surface area contributed by atoms with Crippen LogP contribution < -0.4 is 5.56 Å². The largest absolute Gasteiger partial charge is 0.480 e. The number of carboxylic acid groups (broad SMARTS) is 1. The van der Waals surface area contributed by atoms with Gasteiger partial charge in [-0.05, 0) is 31.9 Å². The second kappa shape index (κ2) is 4.13. The number of aryl methyl sites for hydroxylation is 1. The van der Waals surface area contributed by atoms with Crippen LogP contribution in [0.5, 0.6) is 0 Å². The highest BCUT2D eigenvalue weighted by Crippen LogP contribution is 2.50. The zero-order valence-corrected chi connectivity index (χ0v) is 10.9. The van der Waals surface area contributed by atoms with Gasteiger partial charge in [-0.1, -0.05) is 11.6 Å². The molecular formula is C14H13FN2O3. The first kappa shape index (κ1) is 12.8. The van der Waals surface area contributed by atoms with Crippen molar-refractivity contribution in [2.24, 2.45) is 0 Å². The Kier molecular flexibility index (Phi) is 2.64. The lowest BCUT2D eigenvalue weighted by Crippen LogP contribution is -2.29. The number of carbonyl (C=O) groups is 1. The summed E-state index contributed by atoms with van der Waals surface area (Å²) < 4.78 is 15.2. The van der Waals surface area contributed by atoms with Crippen LogP contribution in [0.3, 0.4) is 0 Å². The first-order chi connectivity index (χ1) is 9.40. The molecule has 1 N–H and O–H groups in total. The van der Waals surface area contributed by atoms with E-state index < -0.39 is 23.7 Å². The molecule has 1 aliphatic carbocycles. The molecule has 0 unspecified atom stereocenters. The summed E-state index contributed by atoms with van der Waals surface area (Å²) in [5.74, 6) is -1.18. The SMILES string of the molecule is Cc1ccc2c(=O)n(CC(=O)O)nc(C3(F)CC3)c2c1. The first-order valence-electron chi connectivity index (χ1n) is 6.33. The van der Waals surface area contributed by atoms with Crippen LogP contribution in [0.15, 0.2) is 23.0 Å². The number of aromatic nitrogens is 2. The number of hydrogen-bond acceptors (Lipinski definition) is 3. The molecule has 0 atom stereocenters. The zero-order chi connectivity index (χ0) is 14.5.